The van der Waals surface area contributed by atoms with Gasteiger partial charge in [0.05, 0.1) is 7.11 Å². The molecule has 0 bridgehead atoms. The van der Waals surface area contributed by atoms with Crippen LogP contribution in [0.2, 0.25) is 0 Å². The number of carbonyl (C=O) groups is 1. The van der Waals surface area contributed by atoms with Crippen LogP contribution in [0.4, 0.5) is 5.69 Å². The number of para-hydroxylation sites is 1. The number of aliphatic carboxylic acids is 1. The molecular formula is C18H19NO3. The second-order valence-corrected chi connectivity index (χ2v) is 5.65. The number of hydrogen-bond donors (Lipinski definition) is 2. The van der Waals surface area contributed by atoms with Crippen LogP contribution in [0.25, 0.3) is 0 Å². The lowest BCUT2D eigenvalue weighted by atomic mass is 9.77. The van der Waals surface area contributed by atoms with Crippen LogP contribution in [0, 0.1) is 0 Å². The van der Waals surface area contributed by atoms with Crippen molar-refractivity contribution in [2.45, 2.75) is 24.8 Å². The molecule has 1 aliphatic rings. The Morgan fingerprint density at radius 1 is 1.18 bits per heavy atom. The van der Waals surface area contributed by atoms with Gasteiger partial charge in [-0.05, 0) is 36.6 Å². The van der Waals surface area contributed by atoms with E-state index in [1.807, 2.05) is 48.5 Å². The Balaban J connectivity index is 1.98. The average Bonchev–Trinajstić information content (AvgIpc) is 2.55. The minimum Gasteiger partial charge on any atom is -0.496 e. The largest absolute Gasteiger partial charge is 0.496 e. The molecule has 0 heterocycles. The lowest BCUT2D eigenvalue weighted by molar-refractivity contribution is -0.142. The minimum absolute atomic E-state index is 0.413. The van der Waals surface area contributed by atoms with Gasteiger partial charge in [0.15, 0.2) is 0 Å². The fraction of sp³-hybridized carbons (Fsp3) is 0.278. The molecular weight excluding hydrogens is 278 g/mol. The van der Waals surface area contributed by atoms with E-state index in [1.165, 1.54) is 5.56 Å². The molecule has 4 heteroatoms. The quantitative estimate of drug-likeness (QED) is 0.910. The molecule has 0 aromatic heterocycles. The second kappa shape index (κ2) is 5.72. The molecule has 2 N–H and O–H groups in total. The number of benzene rings is 2. The molecule has 0 fully saturated rings. The predicted octanol–water partition coefficient (Wildman–Crippen LogP) is 3.12. The minimum atomic E-state index is -0.997. The molecule has 2 aromatic rings. The summed E-state index contributed by atoms with van der Waals surface area (Å²) in [6, 6.07) is 15.4. The maximum atomic E-state index is 12.0. The monoisotopic (exact) mass is 297 g/mol. The van der Waals surface area contributed by atoms with Crippen LogP contribution in [0.1, 0.15) is 17.5 Å². The Labute approximate surface area is 129 Å². The van der Waals surface area contributed by atoms with Gasteiger partial charge >= 0.3 is 5.97 Å². The van der Waals surface area contributed by atoms with Gasteiger partial charge in [0.25, 0.3) is 0 Å². The Bertz CT molecular complexity index is 670. The first kappa shape index (κ1) is 14.4. The van der Waals surface area contributed by atoms with Gasteiger partial charge in [0, 0.05) is 17.7 Å². The summed E-state index contributed by atoms with van der Waals surface area (Å²) < 4.78 is 5.42. The number of carboxylic acid groups (broad SMARTS) is 1. The molecule has 0 unspecified atom stereocenters. The van der Waals surface area contributed by atoms with Gasteiger partial charge in [-0.15, -0.1) is 0 Å². The zero-order valence-corrected chi connectivity index (χ0v) is 12.5. The Hall–Kier alpha value is -2.49. The molecule has 22 heavy (non-hydrogen) atoms. The SMILES string of the molecule is COc1cccc2c1C[C@@](Nc1ccccc1)(C(=O)O)CC2. The number of anilines is 1. The van der Waals surface area contributed by atoms with Gasteiger partial charge in [-0.25, -0.2) is 4.79 Å². The van der Waals surface area contributed by atoms with E-state index in [2.05, 4.69) is 5.32 Å². The topological polar surface area (TPSA) is 58.6 Å². The fourth-order valence-corrected chi connectivity index (χ4v) is 3.12. The predicted molar refractivity (Wildman–Crippen MR) is 85.5 cm³/mol. The zero-order chi connectivity index (χ0) is 15.6. The molecule has 0 radical (unpaired) electrons. The van der Waals surface area contributed by atoms with Crippen molar-refractivity contribution in [3.05, 3.63) is 59.7 Å². The zero-order valence-electron chi connectivity index (χ0n) is 12.5. The Kier molecular flexibility index (Phi) is 3.75. The number of rotatable bonds is 4. The molecule has 114 valence electrons. The molecule has 4 nitrogen and oxygen atoms in total. The average molecular weight is 297 g/mol. The van der Waals surface area contributed by atoms with Crippen LogP contribution in [0.15, 0.2) is 48.5 Å². The second-order valence-electron chi connectivity index (χ2n) is 5.65. The maximum absolute atomic E-state index is 12.0. The van der Waals surface area contributed by atoms with Gasteiger partial charge in [0.2, 0.25) is 0 Å². The standard InChI is InChI=1S/C18H19NO3/c1-22-16-9-5-6-13-10-11-18(17(20)21,12-15(13)16)19-14-7-3-2-4-8-14/h2-9,19H,10-12H2,1H3,(H,20,21)/t18-/m1/s1. The number of fused-ring (bicyclic) bond motifs is 1. The van der Waals surface area contributed by atoms with Gasteiger partial charge < -0.3 is 15.2 Å². The first-order valence-electron chi connectivity index (χ1n) is 7.36. The van der Waals surface area contributed by atoms with E-state index in [9.17, 15) is 9.90 Å². The van der Waals surface area contributed by atoms with E-state index in [1.54, 1.807) is 7.11 Å². The fourth-order valence-electron chi connectivity index (χ4n) is 3.12. The number of nitrogens with one attached hydrogen (secondary N) is 1. The van der Waals surface area contributed by atoms with Crippen LogP contribution < -0.4 is 10.1 Å². The van der Waals surface area contributed by atoms with Crippen LogP contribution in [-0.2, 0) is 17.6 Å². The Morgan fingerprint density at radius 2 is 1.95 bits per heavy atom. The summed E-state index contributed by atoms with van der Waals surface area (Å²) in [5.74, 6) is -0.0643. The number of carboxylic acids is 1. The van der Waals surface area contributed by atoms with E-state index in [4.69, 9.17) is 4.74 Å². The van der Waals surface area contributed by atoms with Gasteiger partial charge in [-0.3, -0.25) is 0 Å². The summed E-state index contributed by atoms with van der Waals surface area (Å²) in [7, 11) is 1.62. The molecule has 0 amide bonds. The van der Waals surface area contributed by atoms with Crippen molar-refractivity contribution in [2.24, 2.45) is 0 Å². The third-order valence-corrected chi connectivity index (χ3v) is 4.32. The summed E-state index contributed by atoms with van der Waals surface area (Å²) in [5.41, 5.74) is 1.99. The van der Waals surface area contributed by atoms with Crippen LogP contribution in [0.3, 0.4) is 0 Å². The van der Waals surface area contributed by atoms with E-state index in [0.29, 0.717) is 12.8 Å². The highest BCUT2D eigenvalue weighted by Crippen LogP contribution is 2.36. The maximum Gasteiger partial charge on any atom is 0.329 e. The summed E-state index contributed by atoms with van der Waals surface area (Å²) in [4.78, 5) is 12.0. The molecule has 2 aromatic carbocycles. The summed E-state index contributed by atoms with van der Waals surface area (Å²) in [5, 5.41) is 13.1. The molecule has 1 aliphatic carbocycles. The molecule has 3 rings (SSSR count). The molecule has 0 spiro atoms. The van der Waals surface area contributed by atoms with Gasteiger partial charge in [0.1, 0.15) is 11.3 Å². The van der Waals surface area contributed by atoms with E-state index >= 15 is 0 Å². The van der Waals surface area contributed by atoms with Crippen molar-refractivity contribution < 1.29 is 14.6 Å². The summed E-state index contributed by atoms with van der Waals surface area (Å²) >= 11 is 0. The van der Waals surface area contributed by atoms with Crippen molar-refractivity contribution >= 4 is 11.7 Å². The van der Waals surface area contributed by atoms with Crippen molar-refractivity contribution in [1.29, 1.82) is 0 Å². The first-order chi connectivity index (χ1) is 10.6. The van der Waals surface area contributed by atoms with Crippen molar-refractivity contribution in [2.75, 3.05) is 12.4 Å². The van der Waals surface area contributed by atoms with Crippen molar-refractivity contribution in [3.63, 3.8) is 0 Å². The van der Waals surface area contributed by atoms with Gasteiger partial charge in [-0.2, -0.15) is 0 Å². The third-order valence-electron chi connectivity index (χ3n) is 4.32. The summed E-state index contributed by atoms with van der Waals surface area (Å²) in [6.07, 6.45) is 1.69. The third kappa shape index (κ3) is 2.52. The van der Waals surface area contributed by atoms with Crippen molar-refractivity contribution in [1.82, 2.24) is 0 Å². The number of hydrogen-bond acceptors (Lipinski definition) is 3. The van der Waals surface area contributed by atoms with Crippen LogP contribution >= 0.6 is 0 Å². The normalized spacial score (nSPS) is 20.0. The van der Waals surface area contributed by atoms with Crippen LogP contribution in [-0.4, -0.2) is 23.7 Å². The molecule has 0 saturated heterocycles. The molecule has 0 aliphatic heterocycles. The molecule has 1 atom stereocenters. The summed E-state index contributed by atoms with van der Waals surface area (Å²) in [6.45, 7) is 0. The van der Waals surface area contributed by atoms with Gasteiger partial charge in [-0.1, -0.05) is 30.3 Å². The highest BCUT2D eigenvalue weighted by molar-refractivity contribution is 5.84. The number of ether oxygens (including phenoxy) is 1. The van der Waals surface area contributed by atoms with E-state index in [0.717, 1.165) is 23.4 Å². The number of methoxy groups -OCH3 is 1. The highest BCUT2D eigenvalue weighted by Gasteiger charge is 2.42. The highest BCUT2D eigenvalue weighted by atomic mass is 16.5. The lowest BCUT2D eigenvalue weighted by Gasteiger charge is -2.36. The molecule has 0 saturated carbocycles. The Morgan fingerprint density at radius 3 is 2.64 bits per heavy atom. The lowest BCUT2D eigenvalue weighted by Crippen LogP contribution is -2.50. The first-order valence-corrected chi connectivity index (χ1v) is 7.36. The van der Waals surface area contributed by atoms with E-state index in [-0.39, 0.29) is 0 Å². The smallest absolute Gasteiger partial charge is 0.329 e. The van der Waals surface area contributed by atoms with Crippen LogP contribution in [0.5, 0.6) is 5.75 Å². The number of aryl methyl sites for hydroxylation is 1. The van der Waals surface area contributed by atoms with Crippen molar-refractivity contribution in [3.8, 4) is 5.75 Å². The van der Waals surface area contributed by atoms with E-state index < -0.39 is 11.5 Å².